The fourth-order valence-corrected chi connectivity index (χ4v) is 4.07. The molecule has 1 unspecified atom stereocenters. The maximum Gasteiger partial charge on any atom is 0.434 e. The third-order valence-electron chi connectivity index (χ3n) is 6.03. The Kier molecular flexibility index (Phi) is 9.49. The van der Waals surface area contributed by atoms with Crippen LogP contribution in [-0.2, 0) is 29.0 Å². The van der Waals surface area contributed by atoms with Gasteiger partial charge in [0, 0.05) is 18.5 Å². The summed E-state index contributed by atoms with van der Waals surface area (Å²) < 4.78 is 15.5. The number of H-pyrrole nitrogens is 1. The van der Waals surface area contributed by atoms with Crippen LogP contribution in [0, 0.1) is 0 Å². The van der Waals surface area contributed by atoms with E-state index >= 15 is 0 Å². The van der Waals surface area contributed by atoms with Crippen molar-refractivity contribution >= 4 is 17.8 Å². The minimum absolute atomic E-state index is 0.0125. The van der Waals surface area contributed by atoms with Crippen molar-refractivity contribution in [3.8, 4) is 23.0 Å². The van der Waals surface area contributed by atoms with Crippen molar-refractivity contribution in [1.82, 2.24) is 20.8 Å². The number of rotatable bonds is 11. The number of nitrogens with two attached hydrogens (primary N) is 1. The summed E-state index contributed by atoms with van der Waals surface area (Å²) in [6.07, 6.45) is 0.274. The lowest BCUT2D eigenvalue weighted by molar-refractivity contribution is -0.122. The van der Waals surface area contributed by atoms with E-state index in [0.29, 0.717) is 22.6 Å². The number of guanidine groups is 1. The van der Waals surface area contributed by atoms with Crippen LogP contribution in [0.2, 0.25) is 0 Å². The molecule has 3 aromatic carbocycles. The van der Waals surface area contributed by atoms with Gasteiger partial charge in [-0.2, -0.15) is 0 Å². The minimum Gasteiger partial charge on any atom is -0.493 e. The van der Waals surface area contributed by atoms with Gasteiger partial charge in [-0.25, -0.2) is 14.9 Å². The van der Waals surface area contributed by atoms with Crippen LogP contribution in [0.5, 0.6) is 11.5 Å². The van der Waals surface area contributed by atoms with Crippen molar-refractivity contribution in [3.63, 3.8) is 0 Å². The van der Waals surface area contributed by atoms with Gasteiger partial charge in [-0.1, -0.05) is 48.5 Å². The molecule has 0 spiro atoms. The molecule has 12 nitrogen and oxygen atoms in total. The van der Waals surface area contributed by atoms with E-state index in [-0.39, 0.29) is 37.1 Å². The molecule has 212 valence electrons. The van der Waals surface area contributed by atoms with Gasteiger partial charge in [-0.05, 0) is 41.0 Å². The first-order valence-electron chi connectivity index (χ1n) is 12.6. The molecular weight excluding hydrogens is 528 g/mol. The first-order valence-corrected chi connectivity index (χ1v) is 12.6. The maximum absolute atomic E-state index is 13.2. The smallest absolute Gasteiger partial charge is 0.434 e. The lowest BCUT2D eigenvalue weighted by atomic mass is 10.1. The van der Waals surface area contributed by atoms with Crippen LogP contribution >= 0.6 is 0 Å². The van der Waals surface area contributed by atoms with Crippen molar-refractivity contribution < 1.29 is 23.5 Å². The Bertz CT molecular complexity index is 1580. The Balaban J connectivity index is 1.44. The van der Waals surface area contributed by atoms with Crippen LogP contribution in [0.3, 0.4) is 0 Å². The Morgan fingerprint density at radius 2 is 1.73 bits per heavy atom. The number of hydrogen-bond donors (Lipinski definition) is 4. The number of carbonyl (C=O) groups excluding carboxylic acids is 2. The Labute approximate surface area is 235 Å². The van der Waals surface area contributed by atoms with Crippen molar-refractivity contribution in [2.75, 3.05) is 14.2 Å². The fourth-order valence-electron chi connectivity index (χ4n) is 4.07. The summed E-state index contributed by atoms with van der Waals surface area (Å²) in [5.41, 5.74) is 8.95. The van der Waals surface area contributed by atoms with Gasteiger partial charge in [-0.15, -0.1) is 5.10 Å². The summed E-state index contributed by atoms with van der Waals surface area (Å²) in [5, 5.41) is 11.5. The molecule has 0 fully saturated rings. The van der Waals surface area contributed by atoms with E-state index in [1.54, 1.807) is 36.4 Å². The molecule has 1 atom stereocenters. The van der Waals surface area contributed by atoms with Gasteiger partial charge in [0.15, 0.2) is 17.5 Å². The number of hydrogen-bond acceptors (Lipinski definition) is 8. The number of aliphatic imine (C=N–C) groups is 1. The van der Waals surface area contributed by atoms with Crippen molar-refractivity contribution in [1.29, 1.82) is 0 Å². The van der Waals surface area contributed by atoms with Gasteiger partial charge < -0.3 is 24.9 Å². The lowest BCUT2D eigenvalue weighted by Crippen LogP contribution is -2.42. The predicted octanol–water partition coefficient (Wildman–Crippen LogP) is 1.95. The molecule has 4 rings (SSSR count). The van der Waals surface area contributed by atoms with Gasteiger partial charge in [0.05, 0.1) is 20.6 Å². The average molecular weight is 559 g/mol. The Morgan fingerprint density at radius 1 is 0.976 bits per heavy atom. The largest absolute Gasteiger partial charge is 0.493 e. The fraction of sp³-hybridized carbons (Fsp3) is 0.207. The van der Waals surface area contributed by atoms with Crippen LogP contribution in [0.4, 0.5) is 0 Å². The molecule has 2 amide bonds. The number of nitrogens with zero attached hydrogens (tertiary/aromatic N) is 2. The highest BCUT2D eigenvalue weighted by Gasteiger charge is 2.20. The highest BCUT2D eigenvalue weighted by atomic mass is 16.5. The maximum atomic E-state index is 13.2. The minimum atomic E-state index is -0.911. The number of amides is 2. The summed E-state index contributed by atoms with van der Waals surface area (Å²) in [7, 11) is 3.04. The third-order valence-corrected chi connectivity index (χ3v) is 6.03. The van der Waals surface area contributed by atoms with Gasteiger partial charge >= 0.3 is 5.76 Å². The predicted molar refractivity (Wildman–Crippen MR) is 151 cm³/mol. The number of benzene rings is 3. The van der Waals surface area contributed by atoms with E-state index in [1.807, 2.05) is 36.4 Å². The molecule has 0 saturated heterocycles. The SMILES string of the molecule is COc1ccc(CC(=O)NC(N)=NC(Cc2ccccc2)C(=O)NCc2cccc(-c3n[nH]c(=O)o3)c2)cc1OC. The molecule has 12 heteroatoms. The molecule has 0 saturated carbocycles. The molecule has 5 N–H and O–H groups in total. The zero-order valence-electron chi connectivity index (χ0n) is 22.5. The molecule has 1 aromatic heterocycles. The lowest BCUT2D eigenvalue weighted by Gasteiger charge is -2.15. The second-order valence-corrected chi connectivity index (χ2v) is 8.97. The zero-order valence-corrected chi connectivity index (χ0v) is 22.5. The van der Waals surface area contributed by atoms with E-state index in [1.165, 1.54) is 14.2 Å². The molecule has 0 aliphatic carbocycles. The number of methoxy groups -OCH3 is 2. The standard InChI is InChI=1S/C29H30N6O6/c1-39-23-12-11-19(15-24(23)40-2)16-25(36)33-28(30)32-22(14-18-7-4-3-5-8-18)26(37)31-17-20-9-6-10-21(13-20)27-34-35-29(38)41-27/h3-13,15,22H,14,16-17H2,1-2H3,(H,31,37)(H,35,38)(H3,30,32,33,36). The van der Waals surface area contributed by atoms with Gasteiger partial charge in [-0.3, -0.25) is 14.9 Å². The van der Waals surface area contributed by atoms with Crippen LogP contribution in [0.1, 0.15) is 16.7 Å². The molecule has 4 aromatic rings. The Hall–Kier alpha value is -5.39. The highest BCUT2D eigenvalue weighted by molar-refractivity contribution is 5.98. The first-order chi connectivity index (χ1) is 19.8. The number of ether oxygens (including phenoxy) is 2. The quantitative estimate of drug-likeness (QED) is 0.160. The number of nitrogens with one attached hydrogen (secondary N) is 3. The van der Waals surface area contributed by atoms with E-state index in [0.717, 1.165) is 11.1 Å². The average Bonchev–Trinajstić information content (AvgIpc) is 3.42. The normalized spacial score (nSPS) is 11.9. The topological polar surface area (TPSA) is 174 Å². The molecule has 0 aliphatic rings. The summed E-state index contributed by atoms with van der Waals surface area (Å²) in [5.74, 6) is -0.436. The highest BCUT2D eigenvalue weighted by Crippen LogP contribution is 2.27. The van der Waals surface area contributed by atoms with Gasteiger partial charge in [0.1, 0.15) is 6.04 Å². The van der Waals surface area contributed by atoms with Crippen molar-refractivity contribution in [2.24, 2.45) is 10.7 Å². The van der Waals surface area contributed by atoms with Crippen LogP contribution in [0.15, 0.2) is 87.0 Å². The second kappa shape index (κ2) is 13.6. The van der Waals surface area contributed by atoms with Gasteiger partial charge in [0.2, 0.25) is 17.7 Å². The van der Waals surface area contributed by atoms with E-state index in [2.05, 4.69) is 25.8 Å². The van der Waals surface area contributed by atoms with Crippen LogP contribution in [0.25, 0.3) is 11.5 Å². The molecule has 0 aliphatic heterocycles. The Morgan fingerprint density at radius 3 is 2.44 bits per heavy atom. The summed E-state index contributed by atoms with van der Waals surface area (Å²) in [6, 6.07) is 20.7. The van der Waals surface area contributed by atoms with E-state index in [4.69, 9.17) is 19.6 Å². The van der Waals surface area contributed by atoms with Gasteiger partial charge in [0.25, 0.3) is 0 Å². The first kappa shape index (κ1) is 28.6. The molecular formula is C29H30N6O6. The monoisotopic (exact) mass is 558 g/mol. The zero-order chi connectivity index (χ0) is 29.2. The molecule has 0 radical (unpaired) electrons. The molecule has 1 heterocycles. The third kappa shape index (κ3) is 8.05. The molecule has 41 heavy (non-hydrogen) atoms. The number of carbonyl (C=O) groups is 2. The van der Waals surface area contributed by atoms with Crippen molar-refractivity contribution in [3.05, 3.63) is 100 Å². The van der Waals surface area contributed by atoms with E-state index in [9.17, 15) is 14.4 Å². The van der Waals surface area contributed by atoms with E-state index < -0.39 is 17.7 Å². The number of aromatic amines is 1. The van der Waals surface area contributed by atoms with Crippen molar-refractivity contribution in [2.45, 2.75) is 25.4 Å². The summed E-state index contributed by atoms with van der Waals surface area (Å²) in [6.45, 7) is 0.174. The molecule has 0 bridgehead atoms. The van der Waals surface area contributed by atoms with Crippen LogP contribution in [-0.4, -0.2) is 48.2 Å². The summed E-state index contributed by atoms with van der Waals surface area (Å²) in [4.78, 5) is 41.5. The number of aromatic nitrogens is 2. The summed E-state index contributed by atoms with van der Waals surface area (Å²) >= 11 is 0. The second-order valence-electron chi connectivity index (χ2n) is 8.97. The van der Waals surface area contributed by atoms with Crippen LogP contribution < -0.4 is 31.6 Å².